The van der Waals surface area contributed by atoms with Crippen LogP contribution in [0.25, 0.3) is 0 Å². The highest BCUT2D eigenvalue weighted by Gasteiger charge is 2.15. The van der Waals surface area contributed by atoms with E-state index in [4.69, 9.17) is 0 Å². The Morgan fingerprint density at radius 2 is 1.80 bits per heavy atom. The van der Waals surface area contributed by atoms with Gasteiger partial charge in [0.15, 0.2) is 0 Å². The van der Waals surface area contributed by atoms with Gasteiger partial charge in [-0.15, -0.1) is 0 Å². The van der Waals surface area contributed by atoms with Crippen molar-refractivity contribution in [2.45, 2.75) is 19.8 Å². The summed E-state index contributed by atoms with van der Waals surface area (Å²) < 4.78 is 26.6. The molecule has 0 aliphatic heterocycles. The van der Waals surface area contributed by atoms with Crippen LogP contribution in [0.1, 0.15) is 40.5 Å². The fourth-order valence-corrected chi connectivity index (χ4v) is 2.30. The fourth-order valence-electron chi connectivity index (χ4n) is 2.30. The van der Waals surface area contributed by atoms with Crippen LogP contribution in [0.2, 0.25) is 0 Å². The van der Waals surface area contributed by atoms with E-state index in [1.165, 1.54) is 12.1 Å². The first kappa shape index (κ1) is 18.6. The first-order valence-corrected chi connectivity index (χ1v) is 8.04. The summed E-state index contributed by atoms with van der Waals surface area (Å²) in [6, 6.07) is 9.10. The first-order chi connectivity index (χ1) is 11.9. The molecule has 0 radical (unpaired) electrons. The van der Waals surface area contributed by atoms with Gasteiger partial charge in [-0.1, -0.05) is 19.4 Å². The van der Waals surface area contributed by atoms with Crippen molar-refractivity contribution in [1.82, 2.24) is 4.90 Å². The molecule has 4 nitrogen and oxygen atoms in total. The van der Waals surface area contributed by atoms with Crippen molar-refractivity contribution in [1.29, 1.82) is 0 Å². The van der Waals surface area contributed by atoms with Crippen LogP contribution in [0.5, 0.6) is 0 Å². The molecule has 0 bridgehead atoms. The molecule has 0 spiro atoms. The molecule has 2 rings (SSSR count). The van der Waals surface area contributed by atoms with E-state index in [1.54, 1.807) is 24.1 Å². The smallest absolute Gasteiger partial charge is 0.255 e. The zero-order chi connectivity index (χ0) is 18.4. The second kappa shape index (κ2) is 8.37. The standard InChI is InChI=1S/C19H20F2N2O2/c1-3-4-10-23(2)19(25)14-7-5-6-13(11-14)18(24)22-17-9-8-15(20)12-16(17)21/h5-9,11-12H,3-4,10H2,1-2H3,(H,22,24). The lowest BCUT2D eigenvalue weighted by molar-refractivity contribution is 0.0793. The van der Waals surface area contributed by atoms with E-state index in [9.17, 15) is 18.4 Å². The van der Waals surface area contributed by atoms with Gasteiger partial charge >= 0.3 is 0 Å². The Bertz CT molecular complexity index is 778. The monoisotopic (exact) mass is 346 g/mol. The second-order valence-electron chi connectivity index (χ2n) is 5.74. The molecule has 0 aliphatic carbocycles. The van der Waals surface area contributed by atoms with Crippen LogP contribution in [-0.4, -0.2) is 30.3 Å². The van der Waals surface area contributed by atoms with Crippen LogP contribution < -0.4 is 5.32 Å². The minimum absolute atomic E-state index is 0.122. The van der Waals surface area contributed by atoms with Gasteiger partial charge in [0.05, 0.1) is 5.69 Å². The van der Waals surface area contributed by atoms with Gasteiger partial charge in [0.2, 0.25) is 0 Å². The lowest BCUT2D eigenvalue weighted by Crippen LogP contribution is -2.28. The van der Waals surface area contributed by atoms with Crippen LogP contribution in [0.4, 0.5) is 14.5 Å². The topological polar surface area (TPSA) is 49.4 Å². The summed E-state index contributed by atoms with van der Waals surface area (Å²) >= 11 is 0. The van der Waals surface area contributed by atoms with E-state index >= 15 is 0 Å². The average Bonchev–Trinajstić information content (AvgIpc) is 2.61. The van der Waals surface area contributed by atoms with Crippen molar-refractivity contribution in [3.8, 4) is 0 Å². The number of unbranched alkanes of at least 4 members (excludes halogenated alkanes) is 1. The summed E-state index contributed by atoms with van der Waals surface area (Å²) in [4.78, 5) is 26.2. The summed E-state index contributed by atoms with van der Waals surface area (Å²) in [6.07, 6.45) is 1.87. The summed E-state index contributed by atoms with van der Waals surface area (Å²) in [5, 5.41) is 2.38. The molecule has 0 unspecified atom stereocenters. The number of rotatable bonds is 6. The number of benzene rings is 2. The third-order valence-electron chi connectivity index (χ3n) is 3.74. The van der Waals surface area contributed by atoms with Crippen LogP contribution in [-0.2, 0) is 0 Å². The fraction of sp³-hybridized carbons (Fsp3) is 0.263. The van der Waals surface area contributed by atoms with Crippen molar-refractivity contribution >= 4 is 17.5 Å². The molecule has 0 saturated heterocycles. The highest BCUT2D eigenvalue weighted by molar-refractivity contribution is 6.06. The molecule has 2 aromatic carbocycles. The summed E-state index contributed by atoms with van der Waals surface area (Å²) in [5.41, 5.74) is 0.479. The highest BCUT2D eigenvalue weighted by Crippen LogP contribution is 2.17. The average molecular weight is 346 g/mol. The maximum atomic E-state index is 13.6. The van der Waals surface area contributed by atoms with Crippen molar-refractivity contribution < 1.29 is 18.4 Å². The molecule has 0 heterocycles. The number of carbonyl (C=O) groups is 2. The highest BCUT2D eigenvalue weighted by atomic mass is 19.1. The molecule has 6 heteroatoms. The number of amides is 2. The molecule has 25 heavy (non-hydrogen) atoms. The van der Waals surface area contributed by atoms with Gasteiger partial charge in [-0.05, 0) is 36.8 Å². The molecule has 0 saturated carbocycles. The molecule has 2 aromatic rings. The van der Waals surface area contributed by atoms with E-state index in [1.807, 2.05) is 6.92 Å². The Labute approximate surface area is 145 Å². The SMILES string of the molecule is CCCCN(C)C(=O)c1cccc(C(=O)Nc2ccc(F)cc2F)c1. The van der Waals surface area contributed by atoms with Crippen LogP contribution in [0.3, 0.4) is 0 Å². The maximum Gasteiger partial charge on any atom is 0.255 e. The molecule has 0 fully saturated rings. The first-order valence-electron chi connectivity index (χ1n) is 8.04. The lowest BCUT2D eigenvalue weighted by atomic mass is 10.1. The van der Waals surface area contributed by atoms with Crippen molar-refractivity contribution in [3.05, 3.63) is 65.2 Å². The van der Waals surface area contributed by atoms with Gasteiger partial charge in [0, 0.05) is 30.8 Å². The van der Waals surface area contributed by atoms with Gasteiger partial charge in [0.25, 0.3) is 11.8 Å². The second-order valence-corrected chi connectivity index (χ2v) is 5.74. The number of hydrogen-bond acceptors (Lipinski definition) is 2. The van der Waals surface area contributed by atoms with Crippen LogP contribution in [0.15, 0.2) is 42.5 Å². The van der Waals surface area contributed by atoms with Crippen LogP contribution in [0, 0.1) is 11.6 Å². The number of halogens is 2. The number of hydrogen-bond donors (Lipinski definition) is 1. The summed E-state index contributed by atoms with van der Waals surface area (Å²) in [5.74, 6) is -2.34. The zero-order valence-electron chi connectivity index (χ0n) is 14.2. The quantitative estimate of drug-likeness (QED) is 0.856. The molecule has 2 amide bonds. The maximum absolute atomic E-state index is 13.6. The number of nitrogens with zero attached hydrogens (tertiary/aromatic N) is 1. The minimum Gasteiger partial charge on any atom is -0.342 e. The molecule has 0 aromatic heterocycles. The van der Waals surface area contributed by atoms with E-state index in [2.05, 4.69) is 5.32 Å². The largest absolute Gasteiger partial charge is 0.342 e. The van der Waals surface area contributed by atoms with E-state index in [0.717, 1.165) is 25.0 Å². The molecule has 0 atom stereocenters. The number of anilines is 1. The lowest BCUT2D eigenvalue weighted by Gasteiger charge is -2.17. The minimum atomic E-state index is -0.861. The van der Waals surface area contributed by atoms with Crippen LogP contribution >= 0.6 is 0 Å². The number of nitrogens with one attached hydrogen (secondary N) is 1. The normalized spacial score (nSPS) is 10.4. The Morgan fingerprint density at radius 1 is 1.08 bits per heavy atom. The Kier molecular flexibility index (Phi) is 6.22. The van der Waals surface area contributed by atoms with Crippen molar-refractivity contribution in [2.24, 2.45) is 0 Å². The van der Waals surface area contributed by atoms with E-state index in [-0.39, 0.29) is 17.2 Å². The van der Waals surface area contributed by atoms with Crippen molar-refractivity contribution in [2.75, 3.05) is 18.9 Å². The Balaban J connectivity index is 2.14. The molecular weight excluding hydrogens is 326 g/mol. The molecule has 132 valence electrons. The van der Waals surface area contributed by atoms with Crippen molar-refractivity contribution in [3.63, 3.8) is 0 Å². The Morgan fingerprint density at radius 3 is 2.48 bits per heavy atom. The molecule has 0 aliphatic rings. The van der Waals surface area contributed by atoms with Gasteiger partial charge < -0.3 is 10.2 Å². The third-order valence-corrected chi connectivity index (χ3v) is 3.74. The Hall–Kier alpha value is -2.76. The van der Waals surface area contributed by atoms with Gasteiger partial charge in [-0.3, -0.25) is 9.59 Å². The van der Waals surface area contributed by atoms with Gasteiger partial charge in [-0.2, -0.15) is 0 Å². The van der Waals surface area contributed by atoms with E-state index < -0.39 is 17.5 Å². The third kappa shape index (κ3) is 4.86. The summed E-state index contributed by atoms with van der Waals surface area (Å²) in [7, 11) is 1.71. The summed E-state index contributed by atoms with van der Waals surface area (Å²) in [6.45, 7) is 2.67. The van der Waals surface area contributed by atoms with E-state index in [0.29, 0.717) is 18.2 Å². The molecule has 1 N–H and O–H groups in total. The van der Waals surface area contributed by atoms with Gasteiger partial charge in [-0.25, -0.2) is 8.78 Å². The zero-order valence-corrected chi connectivity index (χ0v) is 14.2. The predicted molar refractivity (Wildman–Crippen MR) is 92.6 cm³/mol. The predicted octanol–water partition coefficient (Wildman–Crippen LogP) is 4.09. The molecular formula is C19H20F2N2O2. The van der Waals surface area contributed by atoms with Gasteiger partial charge in [0.1, 0.15) is 11.6 Å². The number of carbonyl (C=O) groups excluding carboxylic acids is 2.